The molecule has 2 aromatic carbocycles. The molecule has 0 aliphatic heterocycles. The summed E-state index contributed by atoms with van der Waals surface area (Å²) in [6.07, 6.45) is 2.67. The van der Waals surface area contributed by atoms with Gasteiger partial charge < -0.3 is 4.90 Å². The molecule has 0 atom stereocenters. The van der Waals surface area contributed by atoms with Gasteiger partial charge in [-0.3, -0.25) is 14.9 Å². The van der Waals surface area contributed by atoms with Gasteiger partial charge in [-0.15, -0.1) is 0 Å². The van der Waals surface area contributed by atoms with Gasteiger partial charge in [0.05, 0.1) is 11.5 Å². The molecule has 0 saturated heterocycles. The third-order valence-corrected chi connectivity index (χ3v) is 4.90. The minimum atomic E-state index is -0.417. The second-order valence-corrected chi connectivity index (χ2v) is 7.13. The molecule has 0 aromatic heterocycles. The molecule has 2 aromatic rings. The van der Waals surface area contributed by atoms with Crippen molar-refractivity contribution in [1.82, 2.24) is 4.90 Å². The summed E-state index contributed by atoms with van der Waals surface area (Å²) in [5.41, 5.74) is 1.43. The zero-order valence-electron chi connectivity index (χ0n) is 15.2. The summed E-state index contributed by atoms with van der Waals surface area (Å²) in [6, 6.07) is 11.8. The first-order valence-electron chi connectivity index (χ1n) is 8.86. The lowest BCUT2D eigenvalue weighted by atomic mass is 10.1. The van der Waals surface area contributed by atoms with Gasteiger partial charge in [-0.05, 0) is 30.5 Å². The molecule has 0 radical (unpaired) electrons. The Morgan fingerprint density at radius 2 is 1.89 bits per heavy atom. The first kappa shape index (κ1) is 21.2. The number of carbonyl (C=O) groups is 1. The van der Waals surface area contributed by atoms with E-state index >= 15 is 0 Å². The van der Waals surface area contributed by atoms with Crippen molar-refractivity contribution in [3.63, 3.8) is 0 Å². The van der Waals surface area contributed by atoms with Crippen molar-refractivity contribution in [1.29, 1.82) is 0 Å². The van der Waals surface area contributed by atoms with Crippen LogP contribution in [-0.2, 0) is 17.8 Å². The summed E-state index contributed by atoms with van der Waals surface area (Å²) < 4.78 is 0. The van der Waals surface area contributed by atoms with Gasteiger partial charge in [0.2, 0.25) is 5.91 Å². The summed E-state index contributed by atoms with van der Waals surface area (Å²) in [7, 11) is 0. The zero-order chi connectivity index (χ0) is 19.8. The largest absolute Gasteiger partial charge is 0.338 e. The number of para-hydroxylation sites is 1. The van der Waals surface area contributed by atoms with Gasteiger partial charge in [0.15, 0.2) is 0 Å². The van der Waals surface area contributed by atoms with Crippen molar-refractivity contribution < 1.29 is 9.72 Å². The highest BCUT2D eigenvalue weighted by atomic mass is 35.5. The highest BCUT2D eigenvalue weighted by Gasteiger charge is 2.19. The van der Waals surface area contributed by atoms with Crippen LogP contribution >= 0.6 is 23.2 Å². The molecule has 144 valence electrons. The second-order valence-electron chi connectivity index (χ2n) is 6.29. The summed E-state index contributed by atoms with van der Waals surface area (Å²) in [5.74, 6) is -0.0138. The van der Waals surface area contributed by atoms with Crippen LogP contribution in [-0.4, -0.2) is 22.3 Å². The van der Waals surface area contributed by atoms with Gasteiger partial charge in [0.25, 0.3) is 5.69 Å². The molecule has 7 heteroatoms. The Morgan fingerprint density at radius 1 is 1.15 bits per heavy atom. The lowest BCUT2D eigenvalue weighted by molar-refractivity contribution is -0.385. The lowest BCUT2D eigenvalue weighted by Crippen LogP contribution is -2.32. The summed E-state index contributed by atoms with van der Waals surface area (Å²) in [6.45, 7) is 2.65. The van der Waals surface area contributed by atoms with Crippen LogP contribution in [0.1, 0.15) is 37.3 Å². The van der Waals surface area contributed by atoms with E-state index in [-0.39, 0.29) is 18.1 Å². The number of nitro groups is 1. The number of carbonyl (C=O) groups excluding carboxylic acids is 1. The highest BCUT2D eigenvalue weighted by Crippen LogP contribution is 2.23. The quantitative estimate of drug-likeness (QED) is 0.396. The minimum Gasteiger partial charge on any atom is -0.338 e. The number of nitro benzene ring substituents is 1. The van der Waals surface area contributed by atoms with Crippen LogP contribution in [0.3, 0.4) is 0 Å². The molecule has 0 heterocycles. The molecule has 0 aliphatic carbocycles. The Hall–Kier alpha value is -2.11. The van der Waals surface area contributed by atoms with Gasteiger partial charge in [0, 0.05) is 34.6 Å². The maximum Gasteiger partial charge on any atom is 0.274 e. The average molecular weight is 409 g/mol. The SMILES string of the molecule is CCCCC(=O)N(CCc1ccc(Cl)cc1Cl)Cc1ccccc1[N+](=O)[O-]. The zero-order valence-corrected chi connectivity index (χ0v) is 16.7. The van der Waals surface area contributed by atoms with E-state index in [0.717, 1.165) is 18.4 Å². The molecule has 0 spiro atoms. The molecule has 5 nitrogen and oxygen atoms in total. The van der Waals surface area contributed by atoms with Crippen LogP contribution < -0.4 is 0 Å². The number of halogens is 2. The van der Waals surface area contributed by atoms with Crippen molar-refractivity contribution in [3.05, 3.63) is 73.8 Å². The number of unbranched alkanes of at least 4 members (excludes halogenated alkanes) is 1. The van der Waals surface area contributed by atoms with E-state index < -0.39 is 4.92 Å². The van der Waals surface area contributed by atoms with Gasteiger partial charge in [-0.1, -0.05) is 60.8 Å². The summed E-state index contributed by atoms with van der Waals surface area (Å²) in [4.78, 5) is 25.2. The van der Waals surface area contributed by atoms with Crippen LogP contribution in [0.25, 0.3) is 0 Å². The number of hydrogen-bond acceptors (Lipinski definition) is 3. The smallest absolute Gasteiger partial charge is 0.274 e. The number of benzene rings is 2. The van der Waals surface area contributed by atoms with Gasteiger partial charge in [-0.2, -0.15) is 0 Å². The molecule has 2 rings (SSSR count). The standard InChI is InChI=1S/C20H22Cl2N2O3/c1-2-3-8-20(25)23(12-11-15-9-10-17(21)13-18(15)22)14-16-6-4-5-7-19(16)24(26)27/h4-7,9-10,13H,2-3,8,11-12,14H2,1H3. The molecule has 0 fully saturated rings. The van der Waals surface area contributed by atoms with Crippen LogP contribution in [0.2, 0.25) is 10.0 Å². The third-order valence-electron chi connectivity index (χ3n) is 4.31. The van der Waals surface area contributed by atoms with Gasteiger partial charge >= 0.3 is 0 Å². The fourth-order valence-electron chi connectivity index (χ4n) is 2.79. The minimum absolute atomic E-state index is 0.0138. The number of rotatable bonds is 9. The maximum absolute atomic E-state index is 12.6. The monoisotopic (exact) mass is 408 g/mol. The molecular weight excluding hydrogens is 387 g/mol. The van der Waals surface area contributed by atoms with E-state index in [0.29, 0.717) is 35.0 Å². The molecular formula is C20H22Cl2N2O3. The van der Waals surface area contributed by atoms with Crippen LogP contribution in [0.4, 0.5) is 5.69 Å². The van der Waals surface area contributed by atoms with E-state index in [2.05, 4.69) is 0 Å². The van der Waals surface area contributed by atoms with Crippen molar-refractivity contribution in [2.75, 3.05) is 6.54 Å². The second kappa shape index (κ2) is 10.3. The molecule has 0 unspecified atom stereocenters. The van der Waals surface area contributed by atoms with Crippen molar-refractivity contribution >= 4 is 34.8 Å². The number of nitrogens with zero attached hydrogens (tertiary/aromatic N) is 2. The Kier molecular flexibility index (Phi) is 8.07. The van der Waals surface area contributed by atoms with E-state index in [1.54, 1.807) is 35.2 Å². The highest BCUT2D eigenvalue weighted by molar-refractivity contribution is 6.35. The predicted molar refractivity (Wildman–Crippen MR) is 108 cm³/mol. The third kappa shape index (κ3) is 6.22. The normalized spacial score (nSPS) is 10.6. The topological polar surface area (TPSA) is 63.5 Å². The van der Waals surface area contributed by atoms with E-state index in [1.165, 1.54) is 6.07 Å². The predicted octanol–water partition coefficient (Wildman–Crippen LogP) is 5.66. The molecule has 27 heavy (non-hydrogen) atoms. The first-order valence-corrected chi connectivity index (χ1v) is 9.62. The van der Waals surface area contributed by atoms with Crippen molar-refractivity contribution in [3.8, 4) is 0 Å². The molecule has 0 N–H and O–H groups in total. The van der Waals surface area contributed by atoms with E-state index in [1.807, 2.05) is 13.0 Å². The molecule has 0 aliphatic rings. The summed E-state index contributed by atoms with van der Waals surface area (Å²) in [5, 5.41) is 12.4. The van der Waals surface area contributed by atoms with E-state index in [4.69, 9.17) is 23.2 Å². The molecule has 1 amide bonds. The lowest BCUT2D eigenvalue weighted by Gasteiger charge is -2.23. The maximum atomic E-state index is 12.6. The number of amides is 1. The first-order chi connectivity index (χ1) is 12.9. The van der Waals surface area contributed by atoms with Crippen LogP contribution in [0.15, 0.2) is 42.5 Å². The summed E-state index contributed by atoms with van der Waals surface area (Å²) >= 11 is 12.2. The molecule has 0 bridgehead atoms. The van der Waals surface area contributed by atoms with Gasteiger partial charge in [-0.25, -0.2) is 0 Å². The fourth-order valence-corrected chi connectivity index (χ4v) is 3.29. The van der Waals surface area contributed by atoms with Crippen molar-refractivity contribution in [2.24, 2.45) is 0 Å². The van der Waals surface area contributed by atoms with Crippen molar-refractivity contribution in [2.45, 2.75) is 39.2 Å². The van der Waals surface area contributed by atoms with Gasteiger partial charge in [0.1, 0.15) is 0 Å². The van der Waals surface area contributed by atoms with Crippen LogP contribution in [0.5, 0.6) is 0 Å². The average Bonchev–Trinajstić information content (AvgIpc) is 2.64. The Balaban J connectivity index is 2.18. The number of hydrogen-bond donors (Lipinski definition) is 0. The Morgan fingerprint density at radius 3 is 2.56 bits per heavy atom. The molecule has 0 saturated carbocycles. The van der Waals surface area contributed by atoms with Crippen LogP contribution in [0, 0.1) is 10.1 Å². The fraction of sp³-hybridized carbons (Fsp3) is 0.350. The Bertz CT molecular complexity index is 812. The van der Waals surface area contributed by atoms with E-state index in [9.17, 15) is 14.9 Å². The Labute approximate surface area is 169 Å².